The minimum absolute atomic E-state index is 0.00157. The van der Waals surface area contributed by atoms with Crippen molar-refractivity contribution in [2.75, 3.05) is 6.61 Å². The van der Waals surface area contributed by atoms with Crippen molar-refractivity contribution in [3.8, 4) is 11.5 Å². The Bertz CT molecular complexity index is 1130. The molecule has 8 heteroatoms. The van der Waals surface area contributed by atoms with Gasteiger partial charge >= 0.3 is 0 Å². The van der Waals surface area contributed by atoms with Crippen molar-refractivity contribution < 1.29 is 14.3 Å². The van der Waals surface area contributed by atoms with E-state index < -0.39 is 5.72 Å². The first-order valence-corrected chi connectivity index (χ1v) is 11.9. The molecule has 0 saturated heterocycles. The number of nitrogens with zero attached hydrogens (tertiary/aromatic N) is 3. The molecule has 0 spiro atoms. The van der Waals surface area contributed by atoms with Gasteiger partial charge in [-0.05, 0) is 47.4 Å². The average molecular weight is 462 g/mol. The Hall–Kier alpha value is -3.52. The third kappa shape index (κ3) is 5.69. The van der Waals surface area contributed by atoms with Crippen LogP contribution in [0.2, 0.25) is 0 Å². The van der Waals surface area contributed by atoms with Gasteiger partial charge in [0, 0.05) is 0 Å². The summed E-state index contributed by atoms with van der Waals surface area (Å²) in [5.41, 5.74) is 7.49. The number of ketones is 1. The molecule has 4 rings (SSSR count). The normalized spacial score (nSPS) is 17.2. The molecule has 1 aliphatic rings. The van der Waals surface area contributed by atoms with E-state index >= 15 is 0 Å². The van der Waals surface area contributed by atoms with Gasteiger partial charge in [-0.25, -0.2) is 0 Å². The van der Waals surface area contributed by atoms with Crippen LogP contribution < -0.4 is 15.2 Å². The Morgan fingerprint density at radius 1 is 1.15 bits per heavy atom. The van der Waals surface area contributed by atoms with Gasteiger partial charge in [0.05, 0.1) is 5.56 Å². The van der Waals surface area contributed by atoms with Crippen molar-refractivity contribution >= 4 is 11.9 Å². The summed E-state index contributed by atoms with van der Waals surface area (Å²) in [6.45, 7) is 2.23. The Balaban J connectivity index is 1.43. The first kappa shape index (κ1) is 23.6. The zero-order chi connectivity index (χ0) is 23.8. The first-order valence-electron chi connectivity index (χ1n) is 11.9. The maximum atomic E-state index is 13.1. The Morgan fingerprint density at radius 2 is 1.97 bits per heavy atom. The van der Waals surface area contributed by atoms with Crippen molar-refractivity contribution in [2.45, 2.75) is 57.6 Å². The number of carbonyl (C=O) groups is 1. The minimum atomic E-state index is -1.44. The van der Waals surface area contributed by atoms with Crippen LogP contribution in [-0.2, 0) is 12.1 Å². The molecule has 1 atom stereocenters. The predicted molar refractivity (Wildman–Crippen MR) is 129 cm³/mol. The highest BCUT2D eigenvalue weighted by molar-refractivity contribution is 6.09. The summed E-state index contributed by atoms with van der Waals surface area (Å²) in [6.07, 6.45) is 12.1. The van der Waals surface area contributed by atoms with Crippen LogP contribution in [0.5, 0.6) is 11.5 Å². The summed E-state index contributed by atoms with van der Waals surface area (Å²) in [7, 11) is 0. The number of hydrogen-bond donors (Lipinski definition) is 2. The number of rotatable bonds is 11. The predicted octanol–water partition coefficient (Wildman–Crippen LogP) is 4.58. The fourth-order valence-electron chi connectivity index (χ4n) is 4.00. The molecule has 2 aromatic carbocycles. The van der Waals surface area contributed by atoms with Gasteiger partial charge in [0.1, 0.15) is 6.61 Å². The van der Waals surface area contributed by atoms with Gasteiger partial charge < -0.3 is 9.47 Å². The quantitative estimate of drug-likeness (QED) is 0.244. The van der Waals surface area contributed by atoms with E-state index in [-0.39, 0.29) is 24.0 Å². The third-order valence-corrected chi connectivity index (χ3v) is 5.89. The fraction of sp³-hybridized carbons (Fsp3) is 0.385. The zero-order valence-corrected chi connectivity index (χ0v) is 19.5. The van der Waals surface area contributed by atoms with E-state index in [2.05, 4.69) is 39.7 Å². The SMILES string of the molecule is CCCCCCCCc1cccc(C=CC(=O)c2cccc3c2OC(N)(c2nn[nH]n2)CO3)c1. The molecule has 0 fully saturated rings. The smallest absolute Gasteiger partial charge is 0.257 e. The molecule has 1 aliphatic heterocycles. The number of nitrogens with two attached hydrogens (primary N) is 1. The van der Waals surface area contributed by atoms with Crippen LogP contribution in [0, 0.1) is 0 Å². The maximum absolute atomic E-state index is 13.1. The summed E-state index contributed by atoms with van der Waals surface area (Å²) < 4.78 is 11.7. The van der Waals surface area contributed by atoms with Crippen molar-refractivity contribution in [3.05, 3.63) is 71.1 Å². The number of unbranched alkanes of at least 4 members (excludes halogenated alkanes) is 5. The van der Waals surface area contributed by atoms with E-state index in [1.807, 2.05) is 18.2 Å². The fourth-order valence-corrected chi connectivity index (χ4v) is 4.00. The topological polar surface area (TPSA) is 116 Å². The summed E-state index contributed by atoms with van der Waals surface area (Å²) in [4.78, 5) is 13.1. The molecule has 0 amide bonds. The van der Waals surface area contributed by atoms with Gasteiger partial charge in [-0.2, -0.15) is 5.21 Å². The molecule has 34 heavy (non-hydrogen) atoms. The Kier molecular flexibility index (Phi) is 7.69. The van der Waals surface area contributed by atoms with Crippen molar-refractivity contribution in [2.24, 2.45) is 5.73 Å². The van der Waals surface area contributed by atoms with Gasteiger partial charge in [-0.3, -0.25) is 10.5 Å². The molecular weight excluding hydrogens is 430 g/mol. The highest BCUT2D eigenvalue weighted by Crippen LogP contribution is 2.39. The van der Waals surface area contributed by atoms with E-state index in [0.717, 1.165) is 12.0 Å². The van der Waals surface area contributed by atoms with Crippen LogP contribution in [0.1, 0.15) is 72.8 Å². The first-order chi connectivity index (χ1) is 16.6. The van der Waals surface area contributed by atoms with Crippen LogP contribution >= 0.6 is 0 Å². The number of aryl methyl sites for hydroxylation is 1. The number of fused-ring (bicyclic) bond motifs is 1. The number of ether oxygens (including phenoxy) is 2. The van der Waals surface area contributed by atoms with Gasteiger partial charge in [-0.15, -0.1) is 10.2 Å². The third-order valence-electron chi connectivity index (χ3n) is 5.89. The monoisotopic (exact) mass is 461 g/mol. The van der Waals surface area contributed by atoms with Crippen LogP contribution in [0.15, 0.2) is 48.5 Å². The van der Waals surface area contributed by atoms with Crippen LogP contribution in [0.3, 0.4) is 0 Å². The van der Waals surface area contributed by atoms with Gasteiger partial charge in [0.2, 0.25) is 5.82 Å². The number of H-pyrrole nitrogens is 1. The molecular formula is C26H31N5O3. The lowest BCUT2D eigenvalue weighted by molar-refractivity contribution is -0.0154. The summed E-state index contributed by atoms with van der Waals surface area (Å²) in [6, 6.07) is 13.5. The minimum Gasteiger partial charge on any atom is -0.483 e. The maximum Gasteiger partial charge on any atom is 0.257 e. The lowest BCUT2D eigenvalue weighted by Crippen LogP contribution is -2.51. The molecule has 3 aromatic rings. The second-order valence-corrected chi connectivity index (χ2v) is 8.61. The molecule has 0 bridgehead atoms. The molecule has 0 saturated carbocycles. The number of para-hydroxylation sites is 1. The largest absolute Gasteiger partial charge is 0.483 e. The number of nitrogens with one attached hydrogen (secondary N) is 1. The van der Waals surface area contributed by atoms with Crippen LogP contribution in [0.25, 0.3) is 6.08 Å². The van der Waals surface area contributed by atoms with Gasteiger partial charge in [-0.1, -0.05) is 75.4 Å². The highest BCUT2D eigenvalue weighted by Gasteiger charge is 2.41. The molecule has 178 valence electrons. The Morgan fingerprint density at radius 3 is 2.79 bits per heavy atom. The molecule has 8 nitrogen and oxygen atoms in total. The number of hydrogen-bond acceptors (Lipinski definition) is 7. The van der Waals surface area contributed by atoms with Crippen molar-refractivity contribution in [1.29, 1.82) is 0 Å². The summed E-state index contributed by atoms with van der Waals surface area (Å²) >= 11 is 0. The van der Waals surface area contributed by atoms with Gasteiger partial charge in [0.15, 0.2) is 17.3 Å². The lowest BCUT2D eigenvalue weighted by Gasteiger charge is -2.33. The number of benzene rings is 2. The van der Waals surface area contributed by atoms with Crippen molar-refractivity contribution in [1.82, 2.24) is 20.6 Å². The number of tetrazole rings is 1. The summed E-state index contributed by atoms with van der Waals surface area (Å²) in [5.74, 6) is 0.662. The van der Waals surface area contributed by atoms with Crippen molar-refractivity contribution in [3.63, 3.8) is 0 Å². The zero-order valence-electron chi connectivity index (χ0n) is 19.5. The highest BCUT2D eigenvalue weighted by atomic mass is 16.6. The number of carbonyl (C=O) groups excluding carboxylic acids is 1. The summed E-state index contributed by atoms with van der Waals surface area (Å²) in [5, 5.41) is 13.7. The second kappa shape index (κ2) is 11.1. The molecule has 2 heterocycles. The van der Waals surface area contributed by atoms with E-state index in [9.17, 15) is 4.79 Å². The number of allylic oxidation sites excluding steroid dienone is 1. The molecule has 1 aromatic heterocycles. The molecule has 3 N–H and O–H groups in total. The van der Waals surface area contributed by atoms with E-state index in [1.54, 1.807) is 24.3 Å². The van der Waals surface area contributed by atoms with Crippen LogP contribution in [-0.4, -0.2) is 33.0 Å². The molecule has 0 radical (unpaired) electrons. The molecule has 1 unspecified atom stereocenters. The van der Waals surface area contributed by atoms with Gasteiger partial charge in [0.25, 0.3) is 5.72 Å². The average Bonchev–Trinajstić information content (AvgIpc) is 3.41. The number of aromatic nitrogens is 4. The van der Waals surface area contributed by atoms with E-state index in [0.29, 0.717) is 11.3 Å². The van der Waals surface area contributed by atoms with Crippen LogP contribution in [0.4, 0.5) is 0 Å². The second-order valence-electron chi connectivity index (χ2n) is 8.61. The Labute approximate surface area is 199 Å². The lowest BCUT2D eigenvalue weighted by atomic mass is 10.0. The standard InChI is InChI=1S/C26H31N5O3/c1-2-3-4-5-6-7-10-19-11-8-12-20(17-19)15-16-22(32)21-13-9-14-23-24(21)34-26(27,18-33-23)25-28-30-31-29-25/h8-9,11-17H,2-7,10,18,27H2,1H3,(H,28,29,30,31). The van der Waals surface area contributed by atoms with E-state index in [4.69, 9.17) is 15.2 Å². The van der Waals surface area contributed by atoms with E-state index in [1.165, 1.54) is 44.1 Å². The molecule has 0 aliphatic carbocycles. The number of aromatic amines is 1.